The van der Waals surface area contributed by atoms with Gasteiger partial charge in [-0.05, 0) is 61.9 Å². The number of anilines is 2. The van der Waals surface area contributed by atoms with Crippen molar-refractivity contribution in [2.45, 2.75) is 40.0 Å². The number of halogens is 1. The van der Waals surface area contributed by atoms with E-state index in [4.69, 9.17) is 0 Å². The molecule has 3 heterocycles. The van der Waals surface area contributed by atoms with E-state index < -0.39 is 0 Å². The molecule has 5 nitrogen and oxygen atoms in total. The minimum atomic E-state index is 0. The molecule has 1 fully saturated rings. The molecule has 0 saturated carbocycles. The average Bonchev–Trinajstić information content (AvgIpc) is 2.74. The maximum atomic E-state index is 13.4. The largest absolute Gasteiger partial charge is 0.354 e. The van der Waals surface area contributed by atoms with Crippen molar-refractivity contribution in [2.24, 2.45) is 5.92 Å². The van der Waals surface area contributed by atoms with Crippen LogP contribution in [0.5, 0.6) is 0 Å². The number of hydrogen-bond acceptors (Lipinski definition) is 4. The highest BCUT2D eigenvalue weighted by Gasteiger charge is 2.25. The number of pyridine rings is 2. The maximum absolute atomic E-state index is 13.4. The Kier molecular flexibility index (Phi) is 6.93. The zero-order valence-corrected chi connectivity index (χ0v) is 18.6. The predicted molar refractivity (Wildman–Crippen MR) is 125 cm³/mol. The molecule has 0 spiro atoms. The van der Waals surface area contributed by atoms with Gasteiger partial charge < -0.3 is 10.2 Å². The van der Waals surface area contributed by atoms with Gasteiger partial charge in [0, 0.05) is 36.1 Å². The van der Waals surface area contributed by atoms with Crippen molar-refractivity contribution in [1.82, 2.24) is 14.9 Å². The maximum Gasteiger partial charge on any atom is 0.257 e. The Morgan fingerprint density at radius 1 is 1.20 bits per heavy atom. The third-order valence-electron chi connectivity index (χ3n) is 5.77. The van der Waals surface area contributed by atoms with E-state index in [-0.39, 0.29) is 18.3 Å². The fourth-order valence-corrected chi connectivity index (χ4v) is 3.86. The Labute approximate surface area is 184 Å². The molecule has 0 atom stereocenters. The van der Waals surface area contributed by atoms with Gasteiger partial charge in [0.25, 0.3) is 5.91 Å². The number of carbonyl (C=O) groups excluding carboxylic acids is 1. The van der Waals surface area contributed by atoms with Crippen molar-refractivity contribution >= 4 is 40.7 Å². The number of likely N-dealkylation sites (tertiary alicyclic amines) is 1. The normalized spacial score (nSPS) is 14.4. The third-order valence-corrected chi connectivity index (χ3v) is 5.77. The molecule has 158 valence electrons. The molecule has 1 amide bonds. The highest BCUT2D eigenvalue weighted by molar-refractivity contribution is 6.07. The first-order chi connectivity index (χ1) is 14.0. The van der Waals surface area contributed by atoms with Crippen LogP contribution >= 0.6 is 12.4 Å². The van der Waals surface area contributed by atoms with E-state index in [1.807, 2.05) is 36.1 Å². The quantitative estimate of drug-likeness (QED) is 0.597. The molecule has 1 aliphatic heterocycles. The predicted octanol–water partition coefficient (Wildman–Crippen LogP) is 5.54. The first-order valence-corrected chi connectivity index (χ1v) is 10.5. The zero-order chi connectivity index (χ0) is 20.4. The molecule has 0 aliphatic carbocycles. The lowest BCUT2D eigenvalue weighted by Crippen LogP contribution is -2.38. The van der Waals surface area contributed by atoms with Crippen LogP contribution in [-0.4, -0.2) is 33.9 Å². The number of fused-ring (bicyclic) bond motifs is 1. The second kappa shape index (κ2) is 9.43. The summed E-state index contributed by atoms with van der Waals surface area (Å²) < 4.78 is 0. The summed E-state index contributed by atoms with van der Waals surface area (Å²) in [5, 5.41) is 4.38. The van der Waals surface area contributed by atoms with Gasteiger partial charge in [-0.25, -0.2) is 9.97 Å². The van der Waals surface area contributed by atoms with Crippen LogP contribution in [0.4, 0.5) is 11.4 Å². The minimum Gasteiger partial charge on any atom is -0.354 e. The Hall–Kier alpha value is -2.66. The van der Waals surface area contributed by atoms with Crippen molar-refractivity contribution in [1.29, 1.82) is 0 Å². The number of piperidine rings is 1. The molecule has 1 aromatic carbocycles. The molecule has 3 aromatic rings. The summed E-state index contributed by atoms with van der Waals surface area (Å²) >= 11 is 0. The summed E-state index contributed by atoms with van der Waals surface area (Å²) in [7, 11) is 0. The van der Waals surface area contributed by atoms with Gasteiger partial charge in [0.05, 0.1) is 11.3 Å². The SMILES string of the molecule is CCc1cccc(Nc2c(C(=O)N3CCC(C)CC3)cnc3nc(C)ccc23)c1.Cl. The summed E-state index contributed by atoms with van der Waals surface area (Å²) in [5.41, 5.74) is 5.19. The molecule has 0 bridgehead atoms. The van der Waals surface area contributed by atoms with Crippen LogP contribution in [-0.2, 0) is 6.42 Å². The number of benzene rings is 1. The molecule has 2 aromatic heterocycles. The van der Waals surface area contributed by atoms with E-state index in [9.17, 15) is 4.79 Å². The molecule has 6 heteroatoms. The van der Waals surface area contributed by atoms with E-state index in [0.717, 1.165) is 54.8 Å². The third kappa shape index (κ3) is 4.57. The Morgan fingerprint density at radius 3 is 2.70 bits per heavy atom. The lowest BCUT2D eigenvalue weighted by atomic mass is 9.98. The molecule has 0 radical (unpaired) electrons. The molecular formula is C24H29ClN4O. The van der Waals surface area contributed by atoms with E-state index in [2.05, 4.69) is 41.3 Å². The topological polar surface area (TPSA) is 58.1 Å². The van der Waals surface area contributed by atoms with Gasteiger partial charge in [-0.15, -0.1) is 12.4 Å². The Bertz CT molecular complexity index is 1040. The van der Waals surface area contributed by atoms with Crippen molar-refractivity contribution in [3.05, 3.63) is 59.4 Å². The number of carbonyl (C=O) groups is 1. The van der Waals surface area contributed by atoms with Crippen LogP contribution in [0.3, 0.4) is 0 Å². The summed E-state index contributed by atoms with van der Waals surface area (Å²) in [4.78, 5) is 24.4. The van der Waals surface area contributed by atoms with Gasteiger partial charge >= 0.3 is 0 Å². The van der Waals surface area contributed by atoms with E-state index >= 15 is 0 Å². The molecule has 1 saturated heterocycles. The Balaban J connectivity index is 0.00000256. The van der Waals surface area contributed by atoms with Crippen LogP contribution in [0.2, 0.25) is 0 Å². The van der Waals surface area contributed by atoms with Crippen LogP contribution in [0.25, 0.3) is 11.0 Å². The lowest BCUT2D eigenvalue weighted by molar-refractivity contribution is 0.0698. The van der Waals surface area contributed by atoms with Crippen LogP contribution in [0.1, 0.15) is 48.3 Å². The number of nitrogens with one attached hydrogen (secondary N) is 1. The summed E-state index contributed by atoms with van der Waals surface area (Å²) in [6.07, 6.45) is 4.75. The molecular weight excluding hydrogens is 396 g/mol. The number of rotatable bonds is 4. The molecule has 0 unspecified atom stereocenters. The zero-order valence-electron chi connectivity index (χ0n) is 17.8. The summed E-state index contributed by atoms with van der Waals surface area (Å²) in [5.74, 6) is 0.719. The van der Waals surface area contributed by atoms with Crippen LogP contribution < -0.4 is 5.32 Å². The first kappa shape index (κ1) is 22.0. The second-order valence-corrected chi connectivity index (χ2v) is 8.02. The minimum absolute atomic E-state index is 0. The fourth-order valence-electron chi connectivity index (χ4n) is 3.86. The van der Waals surface area contributed by atoms with Crippen molar-refractivity contribution in [3.63, 3.8) is 0 Å². The number of amides is 1. The van der Waals surface area contributed by atoms with Crippen LogP contribution in [0.15, 0.2) is 42.6 Å². The van der Waals surface area contributed by atoms with Gasteiger partial charge in [0.2, 0.25) is 0 Å². The Morgan fingerprint density at radius 2 is 1.97 bits per heavy atom. The average molecular weight is 425 g/mol. The molecule has 1 aliphatic rings. The summed E-state index contributed by atoms with van der Waals surface area (Å²) in [6.45, 7) is 7.94. The highest BCUT2D eigenvalue weighted by atomic mass is 35.5. The van der Waals surface area contributed by atoms with Gasteiger partial charge in [-0.2, -0.15) is 0 Å². The van der Waals surface area contributed by atoms with Gasteiger partial charge in [-0.3, -0.25) is 4.79 Å². The van der Waals surface area contributed by atoms with Gasteiger partial charge in [0.15, 0.2) is 5.65 Å². The molecule has 30 heavy (non-hydrogen) atoms. The number of aryl methyl sites for hydroxylation is 2. The molecule has 4 rings (SSSR count). The number of nitrogens with zero attached hydrogens (tertiary/aromatic N) is 3. The van der Waals surface area contributed by atoms with E-state index in [1.54, 1.807) is 6.20 Å². The van der Waals surface area contributed by atoms with Gasteiger partial charge in [0.1, 0.15) is 0 Å². The monoisotopic (exact) mass is 424 g/mol. The van der Waals surface area contributed by atoms with Crippen molar-refractivity contribution in [2.75, 3.05) is 18.4 Å². The summed E-state index contributed by atoms with van der Waals surface area (Å²) in [6, 6.07) is 12.3. The molecule has 1 N–H and O–H groups in total. The van der Waals surface area contributed by atoms with Crippen molar-refractivity contribution < 1.29 is 4.79 Å². The lowest BCUT2D eigenvalue weighted by Gasteiger charge is -2.31. The first-order valence-electron chi connectivity index (χ1n) is 10.5. The number of hydrogen-bond donors (Lipinski definition) is 1. The van der Waals surface area contributed by atoms with Crippen molar-refractivity contribution in [3.8, 4) is 0 Å². The smallest absolute Gasteiger partial charge is 0.257 e. The fraction of sp³-hybridized carbons (Fsp3) is 0.375. The van der Waals surface area contributed by atoms with E-state index in [0.29, 0.717) is 17.1 Å². The highest BCUT2D eigenvalue weighted by Crippen LogP contribution is 2.31. The standard InChI is InChI=1S/C24H28N4O.ClH/c1-4-18-6-5-7-19(14-18)27-22-20-9-8-17(3)26-23(20)25-15-21(22)24(29)28-12-10-16(2)11-13-28;/h5-9,14-16H,4,10-13H2,1-3H3,(H,25,26,27);1H. The van der Waals surface area contributed by atoms with E-state index in [1.165, 1.54) is 5.56 Å². The second-order valence-electron chi connectivity index (χ2n) is 8.02. The van der Waals surface area contributed by atoms with Gasteiger partial charge in [-0.1, -0.05) is 26.0 Å². The number of aromatic nitrogens is 2. The van der Waals surface area contributed by atoms with Crippen LogP contribution in [0, 0.1) is 12.8 Å².